The number of nitrogens with one attached hydrogen (secondary N) is 1. The van der Waals surface area contributed by atoms with Crippen molar-refractivity contribution in [2.45, 2.75) is 12.5 Å². The predicted molar refractivity (Wildman–Crippen MR) is 116 cm³/mol. The van der Waals surface area contributed by atoms with Crippen LogP contribution in [0.5, 0.6) is 11.5 Å². The quantitative estimate of drug-likeness (QED) is 0.445. The van der Waals surface area contributed by atoms with Crippen LogP contribution in [0.15, 0.2) is 89.3 Å². The summed E-state index contributed by atoms with van der Waals surface area (Å²) in [5.41, 5.74) is 1.75. The zero-order valence-electron chi connectivity index (χ0n) is 16.7. The third-order valence-electron chi connectivity index (χ3n) is 4.82. The molecular weight excluding hydrogens is 378 g/mol. The van der Waals surface area contributed by atoms with Gasteiger partial charge in [0.05, 0.1) is 20.1 Å². The number of furan rings is 1. The Morgan fingerprint density at radius 3 is 2.40 bits per heavy atom. The molecule has 3 aromatic carbocycles. The molecule has 1 atom stereocenters. The van der Waals surface area contributed by atoms with Gasteiger partial charge in [-0.1, -0.05) is 60.7 Å². The first-order valence-corrected chi connectivity index (χ1v) is 9.83. The van der Waals surface area contributed by atoms with Crippen molar-refractivity contribution in [3.05, 3.63) is 96.3 Å². The van der Waals surface area contributed by atoms with Gasteiger partial charge in [-0.15, -0.1) is 0 Å². The number of ether oxygens (including phenoxy) is 2. The van der Waals surface area contributed by atoms with Crippen LogP contribution in [-0.4, -0.2) is 19.6 Å². The number of methoxy groups -OCH3 is 1. The summed E-state index contributed by atoms with van der Waals surface area (Å²) in [5, 5.41) is 4.08. The Balaban J connectivity index is 1.47. The maximum atomic E-state index is 12.7. The minimum atomic E-state index is -0.377. The number of amides is 1. The van der Waals surface area contributed by atoms with Crippen LogP contribution in [0.25, 0.3) is 11.0 Å². The van der Waals surface area contributed by atoms with Crippen molar-refractivity contribution in [3.8, 4) is 11.5 Å². The van der Waals surface area contributed by atoms with E-state index in [2.05, 4.69) is 5.32 Å². The van der Waals surface area contributed by atoms with Gasteiger partial charge in [0.1, 0.15) is 17.4 Å². The molecule has 0 fully saturated rings. The second kappa shape index (κ2) is 9.18. The van der Waals surface area contributed by atoms with E-state index in [-0.39, 0.29) is 25.0 Å². The molecule has 0 spiro atoms. The molecule has 152 valence electrons. The summed E-state index contributed by atoms with van der Waals surface area (Å²) in [6.07, 6.45) is 0.210. The molecule has 4 aromatic rings. The van der Waals surface area contributed by atoms with Gasteiger partial charge in [-0.05, 0) is 29.8 Å². The Labute approximate surface area is 175 Å². The molecule has 1 amide bonds. The summed E-state index contributed by atoms with van der Waals surface area (Å²) >= 11 is 0. The van der Waals surface area contributed by atoms with E-state index in [1.54, 1.807) is 7.11 Å². The summed E-state index contributed by atoms with van der Waals surface area (Å²) in [7, 11) is 1.59. The molecule has 0 aliphatic carbocycles. The first-order chi connectivity index (χ1) is 14.7. The standard InChI is InChI=1S/C25H23NO4/c1-28-21-13-7-8-14-22(21)29-16-15-24(27)26-25(18-9-3-2-4-10-18)23-17-19-11-5-6-12-20(19)30-23/h2-14,17,25H,15-16H2,1H3,(H,26,27). The van der Waals surface area contributed by atoms with Crippen LogP contribution >= 0.6 is 0 Å². The van der Waals surface area contributed by atoms with E-state index in [0.29, 0.717) is 17.3 Å². The van der Waals surface area contributed by atoms with Crippen molar-refractivity contribution < 1.29 is 18.7 Å². The van der Waals surface area contributed by atoms with Gasteiger partial charge >= 0.3 is 0 Å². The number of carbonyl (C=O) groups is 1. The van der Waals surface area contributed by atoms with E-state index in [1.165, 1.54) is 0 Å². The first-order valence-electron chi connectivity index (χ1n) is 9.83. The molecule has 5 heteroatoms. The minimum absolute atomic E-state index is 0.126. The second-order valence-electron chi connectivity index (χ2n) is 6.85. The fourth-order valence-electron chi connectivity index (χ4n) is 3.33. The first kappa shape index (κ1) is 19.6. The third kappa shape index (κ3) is 4.46. The van der Waals surface area contributed by atoms with E-state index in [0.717, 1.165) is 16.5 Å². The van der Waals surface area contributed by atoms with E-state index in [9.17, 15) is 4.79 Å². The Kier molecular flexibility index (Phi) is 5.99. The van der Waals surface area contributed by atoms with Gasteiger partial charge in [0.15, 0.2) is 11.5 Å². The van der Waals surface area contributed by atoms with Crippen LogP contribution in [0.1, 0.15) is 23.8 Å². The number of carbonyl (C=O) groups excluding carboxylic acids is 1. The number of para-hydroxylation sites is 3. The minimum Gasteiger partial charge on any atom is -0.493 e. The number of hydrogen-bond donors (Lipinski definition) is 1. The lowest BCUT2D eigenvalue weighted by molar-refractivity contribution is -0.122. The largest absolute Gasteiger partial charge is 0.493 e. The molecule has 0 saturated carbocycles. The highest BCUT2D eigenvalue weighted by Crippen LogP contribution is 2.29. The van der Waals surface area contributed by atoms with E-state index < -0.39 is 0 Å². The van der Waals surface area contributed by atoms with Crippen LogP contribution < -0.4 is 14.8 Å². The summed E-state index contributed by atoms with van der Waals surface area (Å²) in [6.45, 7) is 0.244. The maximum Gasteiger partial charge on any atom is 0.224 e. The van der Waals surface area contributed by atoms with Crippen LogP contribution in [0.4, 0.5) is 0 Å². The average Bonchev–Trinajstić information content (AvgIpc) is 3.22. The normalized spacial score (nSPS) is 11.8. The number of benzene rings is 3. The summed E-state index contributed by atoms with van der Waals surface area (Å²) in [6, 6.07) is 26.6. The number of fused-ring (bicyclic) bond motifs is 1. The number of rotatable bonds is 8. The average molecular weight is 401 g/mol. The molecule has 1 heterocycles. The topological polar surface area (TPSA) is 60.7 Å². The van der Waals surface area contributed by atoms with E-state index >= 15 is 0 Å². The highest BCUT2D eigenvalue weighted by molar-refractivity contribution is 5.79. The van der Waals surface area contributed by atoms with Crippen molar-refractivity contribution in [2.75, 3.05) is 13.7 Å². The fraction of sp³-hybridized carbons (Fsp3) is 0.160. The van der Waals surface area contributed by atoms with Crippen LogP contribution in [0, 0.1) is 0 Å². The van der Waals surface area contributed by atoms with E-state index in [4.69, 9.17) is 13.9 Å². The molecule has 0 aliphatic rings. The smallest absolute Gasteiger partial charge is 0.224 e. The van der Waals surface area contributed by atoms with Crippen molar-refractivity contribution >= 4 is 16.9 Å². The van der Waals surface area contributed by atoms with Gasteiger partial charge in [-0.25, -0.2) is 0 Å². The monoisotopic (exact) mass is 401 g/mol. The number of hydrogen-bond acceptors (Lipinski definition) is 4. The van der Waals surface area contributed by atoms with Crippen molar-refractivity contribution in [1.29, 1.82) is 0 Å². The lowest BCUT2D eigenvalue weighted by Crippen LogP contribution is -2.30. The van der Waals surface area contributed by atoms with E-state index in [1.807, 2.05) is 84.9 Å². The predicted octanol–water partition coefficient (Wildman–Crippen LogP) is 5.12. The summed E-state index contributed by atoms with van der Waals surface area (Å²) in [4.78, 5) is 12.7. The lowest BCUT2D eigenvalue weighted by atomic mass is 10.0. The lowest BCUT2D eigenvalue weighted by Gasteiger charge is -2.17. The van der Waals surface area contributed by atoms with Gasteiger partial charge in [0.25, 0.3) is 0 Å². The van der Waals surface area contributed by atoms with Crippen molar-refractivity contribution in [2.24, 2.45) is 0 Å². The molecule has 0 bridgehead atoms. The molecule has 0 saturated heterocycles. The SMILES string of the molecule is COc1ccccc1OCCC(=O)NC(c1ccccc1)c1cc2ccccc2o1. The maximum absolute atomic E-state index is 12.7. The molecule has 30 heavy (non-hydrogen) atoms. The fourth-order valence-corrected chi connectivity index (χ4v) is 3.33. The summed E-state index contributed by atoms with van der Waals surface area (Å²) < 4.78 is 17.0. The Morgan fingerprint density at radius 1 is 0.933 bits per heavy atom. The zero-order chi connectivity index (χ0) is 20.8. The molecule has 1 aromatic heterocycles. The van der Waals surface area contributed by atoms with Crippen LogP contribution in [0.2, 0.25) is 0 Å². The van der Waals surface area contributed by atoms with Crippen LogP contribution in [0.3, 0.4) is 0 Å². The molecule has 1 N–H and O–H groups in total. The summed E-state index contributed by atoms with van der Waals surface area (Å²) in [5.74, 6) is 1.83. The van der Waals surface area contributed by atoms with Crippen molar-refractivity contribution in [3.63, 3.8) is 0 Å². The van der Waals surface area contributed by atoms with Gasteiger partial charge in [-0.3, -0.25) is 4.79 Å². The Bertz CT molecular complexity index is 1090. The Morgan fingerprint density at radius 2 is 1.63 bits per heavy atom. The zero-order valence-corrected chi connectivity index (χ0v) is 16.7. The molecule has 0 radical (unpaired) electrons. The van der Waals surface area contributed by atoms with Crippen LogP contribution in [-0.2, 0) is 4.79 Å². The molecule has 0 aliphatic heterocycles. The third-order valence-corrected chi connectivity index (χ3v) is 4.82. The molecular formula is C25H23NO4. The molecule has 1 unspecified atom stereocenters. The highest BCUT2D eigenvalue weighted by atomic mass is 16.5. The van der Waals surface area contributed by atoms with Gasteiger partial charge in [0, 0.05) is 5.39 Å². The molecule has 4 rings (SSSR count). The highest BCUT2D eigenvalue weighted by Gasteiger charge is 2.21. The van der Waals surface area contributed by atoms with Gasteiger partial charge < -0.3 is 19.2 Å². The van der Waals surface area contributed by atoms with Gasteiger partial charge in [-0.2, -0.15) is 0 Å². The van der Waals surface area contributed by atoms with Gasteiger partial charge in [0.2, 0.25) is 5.91 Å². The van der Waals surface area contributed by atoms with Crippen molar-refractivity contribution in [1.82, 2.24) is 5.32 Å². The Hall–Kier alpha value is -3.73. The molecule has 5 nitrogen and oxygen atoms in total. The second-order valence-corrected chi connectivity index (χ2v) is 6.85.